The van der Waals surface area contributed by atoms with Crippen LogP contribution >= 0.6 is 0 Å². The summed E-state index contributed by atoms with van der Waals surface area (Å²) in [4.78, 5) is 28.1. The van der Waals surface area contributed by atoms with Gasteiger partial charge in [-0.25, -0.2) is 9.97 Å². The Labute approximate surface area is 206 Å². The molecule has 3 heterocycles. The van der Waals surface area contributed by atoms with Crippen LogP contribution in [-0.4, -0.2) is 67.6 Å². The van der Waals surface area contributed by atoms with Crippen LogP contribution in [0.3, 0.4) is 0 Å². The van der Waals surface area contributed by atoms with Crippen LogP contribution in [0.1, 0.15) is 18.1 Å². The van der Waals surface area contributed by atoms with Crippen molar-refractivity contribution < 1.29 is 4.79 Å². The lowest BCUT2D eigenvalue weighted by Gasteiger charge is -2.33. The van der Waals surface area contributed by atoms with Crippen molar-refractivity contribution in [3.8, 4) is 17.3 Å². The van der Waals surface area contributed by atoms with E-state index in [4.69, 9.17) is 10.2 Å². The number of nitrogens with one attached hydrogen (secondary N) is 1. The van der Waals surface area contributed by atoms with Crippen LogP contribution in [0.25, 0.3) is 11.3 Å². The van der Waals surface area contributed by atoms with Crippen molar-refractivity contribution in [1.82, 2.24) is 14.9 Å². The van der Waals surface area contributed by atoms with E-state index in [2.05, 4.69) is 52.5 Å². The van der Waals surface area contributed by atoms with E-state index in [1.54, 1.807) is 18.3 Å². The first kappa shape index (κ1) is 24.2. The second-order valence-corrected chi connectivity index (χ2v) is 8.76. The lowest BCUT2D eigenvalue weighted by Crippen LogP contribution is -2.49. The fraction of sp³-hybridized carbons (Fsp3) is 0.333. The third-order valence-electron chi connectivity index (χ3n) is 6.23. The lowest BCUT2D eigenvalue weighted by atomic mass is 10.0. The van der Waals surface area contributed by atoms with Gasteiger partial charge in [0.2, 0.25) is 5.91 Å². The molecule has 1 aliphatic heterocycles. The number of aromatic nitrogens is 2. The number of benzene rings is 1. The van der Waals surface area contributed by atoms with Gasteiger partial charge in [-0.05, 0) is 43.3 Å². The van der Waals surface area contributed by atoms with E-state index in [1.165, 1.54) is 5.56 Å². The molecule has 180 valence electrons. The summed E-state index contributed by atoms with van der Waals surface area (Å²) in [6, 6.07) is 18.0. The molecule has 0 atom stereocenters. The zero-order chi connectivity index (χ0) is 24.8. The Morgan fingerprint density at radius 2 is 1.91 bits per heavy atom. The van der Waals surface area contributed by atoms with Gasteiger partial charge in [0, 0.05) is 45.0 Å². The first-order chi connectivity index (χ1) is 17.0. The number of nitriles is 1. The van der Waals surface area contributed by atoms with Crippen molar-refractivity contribution in [3.63, 3.8) is 0 Å². The summed E-state index contributed by atoms with van der Waals surface area (Å²) in [6.07, 6.45) is 2.53. The van der Waals surface area contributed by atoms with Crippen molar-refractivity contribution in [2.24, 2.45) is 0 Å². The molecule has 0 radical (unpaired) electrons. The highest BCUT2D eigenvalue weighted by Crippen LogP contribution is 2.32. The largest absolute Gasteiger partial charge is 0.368 e. The molecule has 0 spiro atoms. The number of likely N-dealkylation sites (N-methyl/N-ethyl adjacent to an activating group) is 2. The number of hydrogen-bond acceptors (Lipinski definition) is 7. The van der Waals surface area contributed by atoms with Gasteiger partial charge in [-0.3, -0.25) is 9.69 Å². The molecule has 0 aliphatic carbocycles. The van der Waals surface area contributed by atoms with Crippen molar-refractivity contribution in [3.05, 3.63) is 65.9 Å². The second kappa shape index (κ2) is 11.0. The number of hydrogen-bond donors (Lipinski definition) is 1. The Morgan fingerprint density at radius 1 is 1.11 bits per heavy atom. The predicted octanol–water partition coefficient (Wildman–Crippen LogP) is 3.40. The molecule has 2 aromatic heterocycles. The molecule has 1 N–H and O–H groups in total. The number of aryl methyl sites for hydroxylation is 1. The zero-order valence-electron chi connectivity index (χ0n) is 20.5. The normalized spacial score (nSPS) is 14.0. The number of nitrogens with zero attached hydrogens (tertiary/aromatic N) is 6. The number of carbonyl (C=O) groups is 1. The quantitative estimate of drug-likeness (QED) is 0.541. The minimum absolute atomic E-state index is 0.0900. The molecular formula is C27H31N7O. The Bertz CT molecular complexity index is 1200. The SMILES string of the molecule is CCc1ccc(-c2nc(N(C)CCNc3ccc(C#N)cn3)ccc2N2CCN(C)CC2=O)cc1. The minimum atomic E-state index is 0.0900. The molecular weight excluding hydrogens is 438 g/mol. The van der Waals surface area contributed by atoms with E-state index >= 15 is 0 Å². The highest BCUT2D eigenvalue weighted by Gasteiger charge is 2.26. The van der Waals surface area contributed by atoms with Crippen molar-refractivity contribution >= 4 is 23.2 Å². The Morgan fingerprint density at radius 3 is 2.57 bits per heavy atom. The van der Waals surface area contributed by atoms with Gasteiger partial charge in [-0.2, -0.15) is 5.26 Å². The second-order valence-electron chi connectivity index (χ2n) is 8.76. The monoisotopic (exact) mass is 469 g/mol. The maximum Gasteiger partial charge on any atom is 0.241 e. The Hall–Kier alpha value is -3.96. The van der Waals surface area contributed by atoms with Crippen molar-refractivity contribution in [2.45, 2.75) is 13.3 Å². The molecule has 3 aromatic rings. The summed E-state index contributed by atoms with van der Waals surface area (Å²) in [5, 5.41) is 12.2. The highest BCUT2D eigenvalue weighted by atomic mass is 16.2. The van der Waals surface area contributed by atoms with Crippen LogP contribution in [0.4, 0.5) is 17.3 Å². The molecule has 1 aromatic carbocycles. The Kier molecular flexibility index (Phi) is 7.58. The fourth-order valence-corrected chi connectivity index (χ4v) is 4.06. The number of anilines is 3. The molecule has 1 saturated heterocycles. The van der Waals surface area contributed by atoms with E-state index < -0.39 is 0 Å². The van der Waals surface area contributed by atoms with Gasteiger partial charge in [-0.15, -0.1) is 0 Å². The maximum atomic E-state index is 12.8. The predicted molar refractivity (Wildman–Crippen MR) is 140 cm³/mol. The van der Waals surface area contributed by atoms with E-state index in [-0.39, 0.29) is 5.91 Å². The average Bonchev–Trinajstić information content (AvgIpc) is 2.89. The zero-order valence-corrected chi connectivity index (χ0v) is 20.5. The highest BCUT2D eigenvalue weighted by molar-refractivity contribution is 5.99. The number of piperazine rings is 1. The van der Waals surface area contributed by atoms with Crippen LogP contribution < -0.4 is 15.1 Å². The smallest absolute Gasteiger partial charge is 0.241 e. The van der Waals surface area contributed by atoms with Crippen molar-refractivity contribution in [1.29, 1.82) is 5.26 Å². The molecule has 1 aliphatic rings. The molecule has 4 rings (SSSR count). The van der Waals surface area contributed by atoms with Gasteiger partial charge in [0.05, 0.1) is 23.5 Å². The molecule has 0 saturated carbocycles. The number of rotatable bonds is 8. The van der Waals surface area contributed by atoms with Crippen LogP contribution in [0, 0.1) is 11.3 Å². The summed E-state index contributed by atoms with van der Waals surface area (Å²) in [5.74, 6) is 1.65. The number of carbonyl (C=O) groups excluding carboxylic acids is 1. The van der Waals surface area contributed by atoms with Gasteiger partial charge >= 0.3 is 0 Å². The van der Waals surface area contributed by atoms with Crippen LogP contribution in [0.2, 0.25) is 0 Å². The molecule has 0 unspecified atom stereocenters. The lowest BCUT2D eigenvalue weighted by molar-refractivity contribution is -0.120. The molecule has 35 heavy (non-hydrogen) atoms. The summed E-state index contributed by atoms with van der Waals surface area (Å²) >= 11 is 0. The molecule has 8 heteroatoms. The third kappa shape index (κ3) is 5.76. The fourth-order valence-electron chi connectivity index (χ4n) is 4.06. The third-order valence-corrected chi connectivity index (χ3v) is 6.23. The minimum Gasteiger partial charge on any atom is -0.368 e. The van der Waals surface area contributed by atoms with Gasteiger partial charge in [0.15, 0.2) is 0 Å². The summed E-state index contributed by atoms with van der Waals surface area (Å²) < 4.78 is 0. The first-order valence-corrected chi connectivity index (χ1v) is 11.9. The van der Waals surface area contributed by atoms with Crippen LogP contribution in [0.5, 0.6) is 0 Å². The summed E-state index contributed by atoms with van der Waals surface area (Å²) in [7, 11) is 3.97. The van der Waals surface area contributed by atoms with Gasteiger partial charge in [0.25, 0.3) is 0 Å². The Balaban J connectivity index is 1.55. The maximum absolute atomic E-state index is 12.8. The average molecular weight is 470 g/mol. The van der Waals surface area contributed by atoms with E-state index in [1.807, 2.05) is 36.0 Å². The molecule has 1 amide bonds. The standard InChI is InChI=1S/C27H31N7O/c1-4-20-5-8-22(9-6-20)27-23(34-16-15-32(2)19-26(34)35)10-12-25(31-27)33(3)14-13-29-24-11-7-21(17-28)18-30-24/h5-12,18H,4,13-16,19H2,1-3H3,(H,29,30). The van der Waals surface area contributed by atoms with E-state index in [0.717, 1.165) is 41.5 Å². The summed E-state index contributed by atoms with van der Waals surface area (Å²) in [5.41, 5.74) is 4.47. The van der Waals surface area contributed by atoms with Crippen LogP contribution in [-0.2, 0) is 11.2 Å². The number of amides is 1. The molecule has 1 fully saturated rings. The number of pyridine rings is 2. The van der Waals surface area contributed by atoms with Gasteiger partial charge in [-0.1, -0.05) is 31.2 Å². The van der Waals surface area contributed by atoms with Gasteiger partial charge < -0.3 is 15.1 Å². The van der Waals surface area contributed by atoms with Crippen LogP contribution in [0.15, 0.2) is 54.7 Å². The van der Waals surface area contributed by atoms with Gasteiger partial charge in [0.1, 0.15) is 17.7 Å². The molecule has 0 bridgehead atoms. The van der Waals surface area contributed by atoms with E-state index in [9.17, 15) is 4.79 Å². The first-order valence-electron chi connectivity index (χ1n) is 11.9. The molecule has 8 nitrogen and oxygen atoms in total. The van der Waals surface area contributed by atoms with E-state index in [0.29, 0.717) is 31.7 Å². The van der Waals surface area contributed by atoms with Crippen molar-refractivity contribution in [2.75, 3.05) is 61.9 Å². The summed E-state index contributed by atoms with van der Waals surface area (Å²) in [6.45, 7) is 5.39. The topological polar surface area (TPSA) is 88.4 Å².